The Morgan fingerprint density at radius 2 is 1.67 bits per heavy atom. The van der Waals surface area contributed by atoms with E-state index in [1.807, 2.05) is 17.8 Å². The first-order chi connectivity index (χ1) is 11.4. The topological polar surface area (TPSA) is 29.1 Å². The quantitative estimate of drug-likeness (QED) is 0.792. The highest BCUT2D eigenvalue weighted by Crippen LogP contribution is 2.26. The minimum absolute atomic E-state index is 0.0141. The zero-order chi connectivity index (χ0) is 17.6. The van der Waals surface area contributed by atoms with Gasteiger partial charge in [-0.3, -0.25) is 4.79 Å². The molecule has 1 unspecified atom stereocenters. The molecule has 128 valence electrons. The SMILES string of the molecule is CC(=O)NC(CSCc1ccccc1)c1ccc(C(C)(C)C)cc1. The highest BCUT2D eigenvalue weighted by atomic mass is 32.2. The highest BCUT2D eigenvalue weighted by Gasteiger charge is 2.16. The Bertz CT molecular complexity index is 644. The number of hydrogen-bond acceptors (Lipinski definition) is 2. The van der Waals surface area contributed by atoms with Crippen molar-refractivity contribution in [2.24, 2.45) is 0 Å². The molecule has 0 aliphatic carbocycles. The normalized spacial score (nSPS) is 12.7. The van der Waals surface area contributed by atoms with Gasteiger partial charge in [-0.1, -0.05) is 75.4 Å². The van der Waals surface area contributed by atoms with Crippen molar-refractivity contribution in [3.8, 4) is 0 Å². The lowest BCUT2D eigenvalue weighted by Crippen LogP contribution is -2.28. The molecular weight excluding hydrogens is 314 g/mol. The molecule has 0 saturated heterocycles. The minimum Gasteiger partial charge on any atom is -0.349 e. The second-order valence-corrected chi connectivity index (χ2v) is 8.16. The Balaban J connectivity index is 2.03. The third-order valence-corrected chi connectivity index (χ3v) is 5.06. The molecule has 0 heterocycles. The van der Waals surface area contributed by atoms with E-state index in [0.29, 0.717) is 0 Å². The van der Waals surface area contributed by atoms with Crippen LogP contribution in [0.1, 0.15) is 50.4 Å². The lowest BCUT2D eigenvalue weighted by molar-refractivity contribution is -0.119. The van der Waals surface area contributed by atoms with E-state index in [0.717, 1.165) is 11.5 Å². The average Bonchev–Trinajstić information content (AvgIpc) is 2.54. The molecule has 0 aromatic heterocycles. The molecule has 2 aromatic carbocycles. The van der Waals surface area contributed by atoms with Crippen molar-refractivity contribution in [3.05, 3.63) is 71.3 Å². The van der Waals surface area contributed by atoms with Crippen molar-refractivity contribution in [2.45, 2.75) is 44.9 Å². The van der Waals surface area contributed by atoms with Crippen LogP contribution in [0.3, 0.4) is 0 Å². The van der Waals surface area contributed by atoms with E-state index in [2.05, 4.69) is 74.6 Å². The fraction of sp³-hybridized carbons (Fsp3) is 0.381. The van der Waals surface area contributed by atoms with Crippen molar-refractivity contribution in [2.75, 3.05) is 5.75 Å². The average molecular weight is 342 g/mol. The Morgan fingerprint density at radius 3 is 2.21 bits per heavy atom. The van der Waals surface area contributed by atoms with E-state index < -0.39 is 0 Å². The van der Waals surface area contributed by atoms with Crippen LogP contribution in [0.4, 0.5) is 0 Å². The maximum atomic E-state index is 11.6. The van der Waals surface area contributed by atoms with Crippen LogP contribution in [-0.2, 0) is 16.0 Å². The summed E-state index contributed by atoms with van der Waals surface area (Å²) in [7, 11) is 0. The fourth-order valence-corrected chi connectivity index (χ4v) is 3.61. The zero-order valence-electron chi connectivity index (χ0n) is 15.0. The summed E-state index contributed by atoms with van der Waals surface area (Å²) in [6.07, 6.45) is 0. The number of rotatable bonds is 6. The second kappa shape index (κ2) is 8.39. The summed E-state index contributed by atoms with van der Waals surface area (Å²) in [6.45, 7) is 8.22. The molecule has 2 aromatic rings. The first kappa shape index (κ1) is 18.6. The van der Waals surface area contributed by atoms with Gasteiger partial charge in [-0.25, -0.2) is 0 Å². The van der Waals surface area contributed by atoms with Gasteiger partial charge in [0, 0.05) is 18.4 Å². The van der Waals surface area contributed by atoms with Crippen LogP contribution in [0.5, 0.6) is 0 Å². The molecule has 0 radical (unpaired) electrons. The molecule has 2 nitrogen and oxygen atoms in total. The van der Waals surface area contributed by atoms with Gasteiger partial charge in [0.1, 0.15) is 0 Å². The predicted octanol–water partition coefficient (Wildman–Crippen LogP) is 5.09. The van der Waals surface area contributed by atoms with Gasteiger partial charge in [-0.15, -0.1) is 0 Å². The van der Waals surface area contributed by atoms with Gasteiger partial charge < -0.3 is 5.32 Å². The molecule has 0 aliphatic rings. The highest BCUT2D eigenvalue weighted by molar-refractivity contribution is 7.98. The van der Waals surface area contributed by atoms with Gasteiger partial charge >= 0.3 is 0 Å². The zero-order valence-corrected chi connectivity index (χ0v) is 15.8. The van der Waals surface area contributed by atoms with E-state index >= 15 is 0 Å². The van der Waals surface area contributed by atoms with Gasteiger partial charge in [0.05, 0.1) is 6.04 Å². The summed E-state index contributed by atoms with van der Waals surface area (Å²) < 4.78 is 0. The van der Waals surface area contributed by atoms with Crippen LogP contribution >= 0.6 is 11.8 Å². The van der Waals surface area contributed by atoms with E-state index in [-0.39, 0.29) is 17.4 Å². The lowest BCUT2D eigenvalue weighted by Gasteiger charge is -2.22. The Labute approximate surface area is 150 Å². The molecule has 0 aliphatic heterocycles. The van der Waals surface area contributed by atoms with Crippen LogP contribution in [0, 0.1) is 0 Å². The van der Waals surface area contributed by atoms with Crippen LogP contribution in [0.15, 0.2) is 54.6 Å². The maximum Gasteiger partial charge on any atom is 0.217 e. The van der Waals surface area contributed by atoms with Crippen LogP contribution in [0.25, 0.3) is 0 Å². The number of benzene rings is 2. The molecule has 1 atom stereocenters. The first-order valence-electron chi connectivity index (χ1n) is 8.35. The summed E-state index contributed by atoms with van der Waals surface area (Å²) in [5, 5.41) is 3.08. The second-order valence-electron chi connectivity index (χ2n) is 7.13. The molecule has 0 spiro atoms. The molecule has 1 amide bonds. The van der Waals surface area contributed by atoms with Gasteiger partial charge in [0.25, 0.3) is 0 Å². The lowest BCUT2D eigenvalue weighted by atomic mass is 9.86. The predicted molar refractivity (Wildman–Crippen MR) is 104 cm³/mol. The van der Waals surface area contributed by atoms with Gasteiger partial charge in [-0.2, -0.15) is 11.8 Å². The summed E-state index contributed by atoms with van der Waals surface area (Å²) in [4.78, 5) is 11.6. The number of carbonyl (C=O) groups is 1. The van der Waals surface area contributed by atoms with Crippen LogP contribution in [0.2, 0.25) is 0 Å². The fourth-order valence-electron chi connectivity index (χ4n) is 2.55. The molecule has 0 bridgehead atoms. The third kappa shape index (κ3) is 5.72. The number of hydrogen-bond donors (Lipinski definition) is 1. The third-order valence-electron chi connectivity index (χ3n) is 3.95. The Hall–Kier alpha value is -1.74. The van der Waals surface area contributed by atoms with Crippen LogP contribution < -0.4 is 5.32 Å². The monoisotopic (exact) mass is 341 g/mol. The molecule has 0 saturated carbocycles. The summed E-state index contributed by atoms with van der Waals surface area (Å²) in [6, 6.07) is 19.1. The Kier molecular flexibility index (Phi) is 6.50. The molecule has 1 N–H and O–H groups in total. The molecule has 0 fully saturated rings. The van der Waals surface area contributed by atoms with Crippen molar-refractivity contribution >= 4 is 17.7 Å². The van der Waals surface area contributed by atoms with Gasteiger partial charge in [0.2, 0.25) is 5.91 Å². The Morgan fingerprint density at radius 1 is 1.04 bits per heavy atom. The standard InChI is InChI=1S/C21H27NOS/c1-16(23)22-20(15-24-14-17-8-6-5-7-9-17)18-10-12-19(13-11-18)21(2,3)4/h5-13,20H,14-15H2,1-4H3,(H,22,23). The van der Waals surface area contributed by atoms with Crippen molar-refractivity contribution in [3.63, 3.8) is 0 Å². The van der Waals surface area contributed by atoms with E-state index in [1.54, 1.807) is 6.92 Å². The first-order valence-corrected chi connectivity index (χ1v) is 9.51. The summed E-state index contributed by atoms with van der Waals surface area (Å²) in [5.41, 5.74) is 3.93. The number of nitrogens with one attached hydrogen (secondary N) is 1. The minimum atomic E-state index is 0.0141. The number of thioether (sulfide) groups is 1. The maximum absolute atomic E-state index is 11.6. The molecule has 3 heteroatoms. The molecule has 24 heavy (non-hydrogen) atoms. The molecule has 2 rings (SSSR count). The smallest absolute Gasteiger partial charge is 0.217 e. The number of amides is 1. The molecular formula is C21H27NOS. The van der Waals surface area contributed by atoms with Crippen LogP contribution in [-0.4, -0.2) is 11.7 Å². The van der Waals surface area contributed by atoms with E-state index in [9.17, 15) is 4.79 Å². The van der Waals surface area contributed by atoms with Crippen molar-refractivity contribution < 1.29 is 4.79 Å². The van der Waals surface area contributed by atoms with E-state index in [4.69, 9.17) is 0 Å². The van der Waals surface area contributed by atoms with Gasteiger partial charge in [-0.05, 0) is 22.1 Å². The van der Waals surface area contributed by atoms with Gasteiger partial charge in [0.15, 0.2) is 0 Å². The number of carbonyl (C=O) groups excluding carboxylic acids is 1. The largest absolute Gasteiger partial charge is 0.349 e. The van der Waals surface area contributed by atoms with E-state index in [1.165, 1.54) is 16.7 Å². The van der Waals surface area contributed by atoms with Crippen molar-refractivity contribution in [1.29, 1.82) is 0 Å². The summed E-state index contributed by atoms with van der Waals surface area (Å²) >= 11 is 1.85. The van der Waals surface area contributed by atoms with Crippen molar-refractivity contribution in [1.82, 2.24) is 5.32 Å². The summed E-state index contributed by atoms with van der Waals surface area (Å²) in [5.74, 6) is 1.83.